The first-order valence-electron chi connectivity index (χ1n) is 15.4. The van der Waals surface area contributed by atoms with Crippen molar-refractivity contribution in [3.63, 3.8) is 0 Å². The van der Waals surface area contributed by atoms with Gasteiger partial charge in [-0.15, -0.1) is 0 Å². The molecule has 1 unspecified atom stereocenters. The Hall–Kier alpha value is -3.49. The molecule has 3 atom stereocenters. The molecule has 4 aliphatic heterocycles. The number of hydrogen-bond acceptors (Lipinski definition) is 5. The largest absolute Gasteiger partial charge is 0.333 e. The highest BCUT2D eigenvalue weighted by Gasteiger charge is 2.46. The molecule has 0 saturated carbocycles. The van der Waals surface area contributed by atoms with E-state index in [1.165, 1.54) is 28.0 Å². The molecule has 7 rings (SSSR count). The van der Waals surface area contributed by atoms with Crippen LogP contribution in [-0.4, -0.2) is 76.1 Å². The number of imide groups is 1. The molecular weight excluding hydrogens is 564 g/mol. The minimum Gasteiger partial charge on any atom is -0.333 e. The average molecular weight is 601 g/mol. The predicted octanol–water partition coefficient (Wildman–Crippen LogP) is 4.66. The number of carbonyl (C=O) groups is 4. The molecule has 3 saturated heterocycles. The van der Waals surface area contributed by atoms with Gasteiger partial charge in [0, 0.05) is 60.8 Å². The van der Waals surface area contributed by atoms with Crippen molar-refractivity contribution in [2.45, 2.75) is 77.0 Å². The van der Waals surface area contributed by atoms with Crippen LogP contribution in [0, 0.1) is 5.41 Å². The van der Waals surface area contributed by atoms with Crippen molar-refractivity contribution in [2.75, 3.05) is 19.6 Å². The second kappa shape index (κ2) is 10.6. The van der Waals surface area contributed by atoms with Crippen molar-refractivity contribution in [3.05, 3.63) is 75.3 Å². The molecule has 0 aromatic heterocycles. The molecule has 8 nitrogen and oxygen atoms in total. The molecule has 4 amide bonds. The van der Waals surface area contributed by atoms with Crippen LogP contribution >= 0.6 is 11.6 Å². The number of allylic oxidation sites excluding steroid dienone is 1. The van der Waals surface area contributed by atoms with Crippen molar-refractivity contribution in [2.24, 2.45) is 5.41 Å². The topological polar surface area (TPSA) is 90.0 Å². The van der Waals surface area contributed by atoms with Crippen LogP contribution in [0.4, 0.5) is 0 Å². The highest BCUT2D eigenvalue weighted by Crippen LogP contribution is 2.44. The van der Waals surface area contributed by atoms with Gasteiger partial charge in [0.25, 0.3) is 11.8 Å². The summed E-state index contributed by atoms with van der Waals surface area (Å²) in [5, 5.41) is 3.09. The van der Waals surface area contributed by atoms with E-state index in [2.05, 4.69) is 36.2 Å². The zero-order valence-electron chi connectivity index (χ0n) is 24.7. The molecule has 2 aromatic rings. The third-order valence-corrected chi connectivity index (χ3v) is 10.4. The molecule has 1 N–H and O–H groups in total. The maximum absolute atomic E-state index is 13.7. The fourth-order valence-electron chi connectivity index (χ4n) is 7.77. The monoisotopic (exact) mass is 600 g/mol. The lowest BCUT2D eigenvalue weighted by molar-refractivity contribution is -0.136. The van der Waals surface area contributed by atoms with Gasteiger partial charge in [-0.1, -0.05) is 43.2 Å². The molecule has 5 aliphatic rings. The smallest absolute Gasteiger partial charge is 0.255 e. The highest BCUT2D eigenvalue weighted by molar-refractivity contribution is 6.30. The second-order valence-corrected chi connectivity index (χ2v) is 14.1. The van der Waals surface area contributed by atoms with Gasteiger partial charge in [0.2, 0.25) is 11.8 Å². The quantitative estimate of drug-likeness (QED) is 0.504. The Morgan fingerprint density at radius 2 is 1.81 bits per heavy atom. The zero-order valence-corrected chi connectivity index (χ0v) is 25.5. The van der Waals surface area contributed by atoms with Crippen LogP contribution in [0.5, 0.6) is 0 Å². The molecule has 224 valence electrons. The lowest BCUT2D eigenvalue weighted by Gasteiger charge is -2.38. The molecule has 1 aliphatic carbocycles. The summed E-state index contributed by atoms with van der Waals surface area (Å²) in [4.78, 5) is 56.9. The van der Waals surface area contributed by atoms with Crippen molar-refractivity contribution in [1.29, 1.82) is 0 Å². The van der Waals surface area contributed by atoms with Crippen LogP contribution in [-0.2, 0) is 16.1 Å². The van der Waals surface area contributed by atoms with Gasteiger partial charge in [0.05, 0.1) is 0 Å². The highest BCUT2D eigenvalue weighted by atomic mass is 35.5. The Kier molecular flexibility index (Phi) is 6.97. The number of amides is 4. The Morgan fingerprint density at radius 3 is 2.53 bits per heavy atom. The van der Waals surface area contributed by atoms with E-state index in [1.54, 1.807) is 12.1 Å². The average Bonchev–Trinajstić information content (AvgIpc) is 3.66. The van der Waals surface area contributed by atoms with Crippen molar-refractivity contribution >= 4 is 40.8 Å². The van der Waals surface area contributed by atoms with Gasteiger partial charge in [-0.3, -0.25) is 29.4 Å². The summed E-state index contributed by atoms with van der Waals surface area (Å²) < 4.78 is 0. The zero-order chi connectivity index (χ0) is 30.0. The van der Waals surface area contributed by atoms with Crippen molar-refractivity contribution < 1.29 is 19.2 Å². The van der Waals surface area contributed by atoms with Crippen molar-refractivity contribution in [1.82, 2.24) is 20.0 Å². The number of piperazine rings is 1. The van der Waals surface area contributed by atoms with E-state index >= 15 is 0 Å². The minimum absolute atomic E-state index is 0.00217. The van der Waals surface area contributed by atoms with Crippen LogP contribution in [0.2, 0.25) is 5.02 Å². The van der Waals surface area contributed by atoms with Gasteiger partial charge in [0.1, 0.15) is 6.04 Å². The summed E-state index contributed by atoms with van der Waals surface area (Å²) in [7, 11) is 0. The number of nitrogens with one attached hydrogen (secondary N) is 1. The summed E-state index contributed by atoms with van der Waals surface area (Å²) in [5.74, 6) is -0.961. The third kappa shape index (κ3) is 5.18. The first-order chi connectivity index (χ1) is 20.6. The first kappa shape index (κ1) is 28.3. The van der Waals surface area contributed by atoms with E-state index in [1.807, 2.05) is 23.1 Å². The minimum atomic E-state index is -0.664. The molecule has 4 heterocycles. The number of fused-ring (bicyclic) bond motifs is 3. The molecular formula is C34H37ClN4O4. The maximum atomic E-state index is 13.7. The van der Waals surface area contributed by atoms with Crippen LogP contribution in [0.3, 0.4) is 0 Å². The molecule has 2 bridgehead atoms. The van der Waals surface area contributed by atoms with Gasteiger partial charge in [-0.25, -0.2) is 0 Å². The molecule has 43 heavy (non-hydrogen) atoms. The summed E-state index contributed by atoms with van der Waals surface area (Å²) in [5.41, 5.74) is 6.35. The van der Waals surface area contributed by atoms with Gasteiger partial charge in [0.15, 0.2) is 0 Å². The van der Waals surface area contributed by atoms with Crippen LogP contribution in [0.15, 0.2) is 48.0 Å². The van der Waals surface area contributed by atoms with Crippen LogP contribution in [0.25, 0.3) is 5.57 Å². The normalized spacial score (nSPS) is 26.8. The van der Waals surface area contributed by atoms with E-state index in [4.69, 9.17) is 11.6 Å². The van der Waals surface area contributed by atoms with Crippen molar-refractivity contribution in [3.8, 4) is 0 Å². The second-order valence-electron chi connectivity index (χ2n) is 13.6. The molecule has 9 heteroatoms. The fraction of sp³-hybridized carbons (Fsp3) is 0.471. The number of carbonyl (C=O) groups excluding carboxylic acids is 4. The van der Waals surface area contributed by atoms with Gasteiger partial charge < -0.3 is 9.80 Å². The number of likely N-dealkylation sites (tertiary alicyclic amines) is 2. The van der Waals surface area contributed by atoms with Gasteiger partial charge >= 0.3 is 0 Å². The Morgan fingerprint density at radius 1 is 1.02 bits per heavy atom. The summed E-state index contributed by atoms with van der Waals surface area (Å²) in [6.07, 6.45) is 4.83. The maximum Gasteiger partial charge on any atom is 0.255 e. The molecule has 2 aromatic carbocycles. The van der Waals surface area contributed by atoms with E-state index in [0.717, 1.165) is 42.9 Å². The molecule has 0 spiro atoms. The molecule has 0 radical (unpaired) electrons. The SMILES string of the molecule is CC1(C)CCC(CN2C[C@H]3C[C@@H]2CN3C(=O)c2ccc3c(c2)CN(C2CCC(=O)NC2=O)C3=O)=C(c2ccc(Cl)cc2)C1. The summed E-state index contributed by atoms with van der Waals surface area (Å²) in [6.45, 7) is 7.48. The lowest BCUT2D eigenvalue weighted by Crippen LogP contribution is -2.52. The Bertz CT molecular complexity index is 1560. The fourth-order valence-corrected chi connectivity index (χ4v) is 7.90. The van der Waals surface area contributed by atoms with E-state index < -0.39 is 11.9 Å². The van der Waals surface area contributed by atoms with E-state index in [9.17, 15) is 19.2 Å². The van der Waals surface area contributed by atoms with E-state index in [0.29, 0.717) is 30.1 Å². The van der Waals surface area contributed by atoms with Gasteiger partial charge in [-0.05, 0) is 84.6 Å². The summed E-state index contributed by atoms with van der Waals surface area (Å²) in [6, 6.07) is 13.4. The third-order valence-electron chi connectivity index (χ3n) is 10.2. The first-order valence-corrected chi connectivity index (χ1v) is 15.7. The number of nitrogens with zero attached hydrogens (tertiary/aromatic N) is 3. The van der Waals surface area contributed by atoms with Crippen LogP contribution in [0.1, 0.15) is 84.2 Å². The van der Waals surface area contributed by atoms with Crippen LogP contribution < -0.4 is 5.32 Å². The van der Waals surface area contributed by atoms with E-state index in [-0.39, 0.29) is 42.1 Å². The number of hydrogen-bond donors (Lipinski definition) is 1. The summed E-state index contributed by atoms with van der Waals surface area (Å²) >= 11 is 6.19. The standard InChI is InChI=1S/C34H37ClN4O4/c1-34(2)12-11-22(28(15-34)20-3-6-24(35)7-4-20)16-37-18-26-14-25(37)19-38(26)32(42)21-5-8-27-23(13-21)17-39(33(27)43)29-9-10-30(40)36-31(29)41/h3-8,13,25-26,29H,9-12,14-19H2,1-2H3,(H,36,40,41)/t25-,26-,29?/m1/s1. The number of piperidine rings is 1. The molecule has 3 fully saturated rings. The predicted molar refractivity (Wildman–Crippen MR) is 163 cm³/mol. The number of halogens is 1. The lowest BCUT2D eigenvalue weighted by atomic mass is 9.72. The Balaban J connectivity index is 1.03. The number of rotatable bonds is 5. The Labute approximate surface area is 257 Å². The number of benzene rings is 2. The van der Waals surface area contributed by atoms with Gasteiger partial charge in [-0.2, -0.15) is 0 Å².